The van der Waals surface area contributed by atoms with Crippen LogP contribution in [0.1, 0.15) is 13.8 Å². The molecular formula is C11H16N6O2. The highest BCUT2D eigenvalue weighted by Gasteiger charge is 2.17. The lowest BCUT2D eigenvalue weighted by Gasteiger charge is -2.08. The molecule has 0 aliphatic heterocycles. The number of nitrogens with one attached hydrogen (secondary N) is 1. The number of hydrogen-bond acceptors (Lipinski definition) is 7. The topological polar surface area (TPSA) is 125 Å². The molecule has 0 radical (unpaired) electrons. The number of methoxy groups -OCH3 is 1. The number of hydrogen-bond donors (Lipinski definition) is 3. The summed E-state index contributed by atoms with van der Waals surface area (Å²) in [6, 6.07) is 1.70. The smallest absolute Gasteiger partial charge is 0.233 e. The lowest BCUT2D eigenvalue weighted by molar-refractivity contribution is 0.232. The number of aromatic nitrogens is 4. The summed E-state index contributed by atoms with van der Waals surface area (Å²) in [6.07, 6.45) is 0.0260. The first kappa shape index (κ1) is 12.9. The van der Waals surface area contributed by atoms with Crippen LogP contribution in [0.4, 0.5) is 11.8 Å². The van der Waals surface area contributed by atoms with Crippen LogP contribution in [0.2, 0.25) is 0 Å². The maximum absolute atomic E-state index is 5.84. The van der Waals surface area contributed by atoms with Gasteiger partial charge >= 0.3 is 0 Å². The predicted molar refractivity (Wildman–Crippen MR) is 70.8 cm³/mol. The molecule has 0 amide bonds. The molecule has 0 unspecified atom stereocenters. The van der Waals surface area contributed by atoms with Gasteiger partial charge in [0.1, 0.15) is 11.4 Å². The molecule has 2 rings (SSSR count). The number of ether oxygens (including phenoxy) is 2. The van der Waals surface area contributed by atoms with Crippen molar-refractivity contribution in [3.8, 4) is 23.0 Å². The van der Waals surface area contributed by atoms with Crippen molar-refractivity contribution in [1.29, 1.82) is 0 Å². The summed E-state index contributed by atoms with van der Waals surface area (Å²) in [5, 5.41) is 6.83. The van der Waals surface area contributed by atoms with Crippen LogP contribution in [0.15, 0.2) is 6.07 Å². The third-order valence-electron chi connectivity index (χ3n) is 2.29. The van der Waals surface area contributed by atoms with Crippen molar-refractivity contribution in [2.45, 2.75) is 20.0 Å². The van der Waals surface area contributed by atoms with Crippen molar-refractivity contribution in [3.63, 3.8) is 0 Å². The van der Waals surface area contributed by atoms with Crippen LogP contribution in [-0.4, -0.2) is 33.4 Å². The minimum Gasteiger partial charge on any atom is -0.480 e. The Kier molecular flexibility index (Phi) is 3.41. The van der Waals surface area contributed by atoms with Crippen LogP contribution < -0.4 is 20.9 Å². The Morgan fingerprint density at radius 3 is 2.63 bits per heavy atom. The zero-order valence-corrected chi connectivity index (χ0v) is 11.0. The minimum absolute atomic E-state index is 0.0260. The van der Waals surface area contributed by atoms with Crippen molar-refractivity contribution < 1.29 is 9.47 Å². The molecule has 0 atom stereocenters. The molecule has 8 heteroatoms. The molecule has 2 aromatic heterocycles. The van der Waals surface area contributed by atoms with E-state index in [1.807, 2.05) is 13.8 Å². The molecule has 0 aliphatic rings. The fourth-order valence-electron chi connectivity index (χ4n) is 1.61. The molecule has 19 heavy (non-hydrogen) atoms. The molecule has 0 saturated carbocycles. The first-order chi connectivity index (χ1) is 9.01. The molecule has 2 heterocycles. The highest BCUT2D eigenvalue weighted by atomic mass is 16.5. The summed E-state index contributed by atoms with van der Waals surface area (Å²) in [5.41, 5.74) is 12.5. The molecule has 2 aromatic rings. The molecule has 0 fully saturated rings. The molecule has 0 saturated heterocycles. The second kappa shape index (κ2) is 5.01. The van der Waals surface area contributed by atoms with Crippen LogP contribution in [0.25, 0.3) is 11.3 Å². The van der Waals surface area contributed by atoms with Gasteiger partial charge in [0, 0.05) is 6.07 Å². The van der Waals surface area contributed by atoms with E-state index >= 15 is 0 Å². The summed E-state index contributed by atoms with van der Waals surface area (Å²) in [5.74, 6) is 1.01. The lowest BCUT2D eigenvalue weighted by atomic mass is 10.2. The zero-order chi connectivity index (χ0) is 14.0. The van der Waals surface area contributed by atoms with Crippen molar-refractivity contribution in [3.05, 3.63) is 6.07 Å². The number of H-pyrrole nitrogens is 1. The summed E-state index contributed by atoms with van der Waals surface area (Å²) in [4.78, 5) is 7.88. The number of rotatable bonds is 4. The molecule has 0 aromatic carbocycles. The van der Waals surface area contributed by atoms with Gasteiger partial charge in [-0.15, -0.1) is 5.10 Å². The molecule has 0 aliphatic carbocycles. The summed E-state index contributed by atoms with van der Waals surface area (Å²) in [7, 11) is 1.48. The average Bonchev–Trinajstić information content (AvgIpc) is 2.74. The molecule has 0 bridgehead atoms. The van der Waals surface area contributed by atoms with Gasteiger partial charge in [0.15, 0.2) is 0 Å². The van der Waals surface area contributed by atoms with Gasteiger partial charge in [-0.3, -0.25) is 5.10 Å². The molecule has 0 spiro atoms. The molecule has 102 valence electrons. The standard InChI is InChI=1S/C11H16N6O2/c1-5(2)19-7-4-6(16-17-7)8-9(12)14-11(13)15-10(8)18-3/h4-5H,1-3H3,(H,16,17)(H4,12,13,14,15). The Bertz CT molecular complexity index is 581. The Labute approximate surface area is 110 Å². The van der Waals surface area contributed by atoms with Crippen LogP contribution in [0.3, 0.4) is 0 Å². The number of nitrogen functional groups attached to an aromatic ring is 2. The largest absolute Gasteiger partial charge is 0.480 e. The van der Waals surface area contributed by atoms with Gasteiger partial charge in [-0.1, -0.05) is 0 Å². The fourth-order valence-corrected chi connectivity index (χ4v) is 1.61. The Morgan fingerprint density at radius 2 is 2.00 bits per heavy atom. The minimum atomic E-state index is 0.0260. The summed E-state index contributed by atoms with van der Waals surface area (Å²) >= 11 is 0. The molecule has 5 N–H and O–H groups in total. The van der Waals surface area contributed by atoms with E-state index in [2.05, 4.69) is 20.2 Å². The third-order valence-corrected chi connectivity index (χ3v) is 2.29. The Balaban J connectivity index is 2.44. The van der Waals surface area contributed by atoms with Gasteiger partial charge < -0.3 is 20.9 Å². The van der Waals surface area contributed by atoms with Gasteiger partial charge in [-0.2, -0.15) is 9.97 Å². The summed E-state index contributed by atoms with van der Waals surface area (Å²) < 4.78 is 10.6. The normalized spacial score (nSPS) is 10.7. The van der Waals surface area contributed by atoms with E-state index in [-0.39, 0.29) is 23.8 Å². The maximum atomic E-state index is 5.84. The summed E-state index contributed by atoms with van der Waals surface area (Å²) in [6.45, 7) is 3.82. The van der Waals surface area contributed by atoms with Crippen molar-refractivity contribution in [2.24, 2.45) is 0 Å². The maximum Gasteiger partial charge on any atom is 0.233 e. The molecule has 8 nitrogen and oxygen atoms in total. The van der Waals surface area contributed by atoms with Crippen LogP contribution >= 0.6 is 0 Å². The number of nitrogens with two attached hydrogens (primary N) is 2. The van der Waals surface area contributed by atoms with Crippen LogP contribution in [-0.2, 0) is 0 Å². The van der Waals surface area contributed by atoms with E-state index in [9.17, 15) is 0 Å². The average molecular weight is 264 g/mol. The first-order valence-corrected chi connectivity index (χ1v) is 5.70. The van der Waals surface area contributed by atoms with E-state index in [4.69, 9.17) is 20.9 Å². The fraction of sp³-hybridized carbons (Fsp3) is 0.364. The Hall–Kier alpha value is -2.51. The highest BCUT2D eigenvalue weighted by molar-refractivity contribution is 5.77. The van der Waals surface area contributed by atoms with Crippen molar-refractivity contribution in [2.75, 3.05) is 18.6 Å². The second-order valence-corrected chi connectivity index (χ2v) is 4.14. The van der Waals surface area contributed by atoms with Gasteiger partial charge in [0.25, 0.3) is 0 Å². The van der Waals surface area contributed by atoms with Gasteiger partial charge in [0.05, 0.1) is 18.9 Å². The van der Waals surface area contributed by atoms with E-state index in [0.29, 0.717) is 17.1 Å². The van der Waals surface area contributed by atoms with Crippen molar-refractivity contribution >= 4 is 11.8 Å². The predicted octanol–water partition coefficient (Wildman–Crippen LogP) is 0.827. The third kappa shape index (κ3) is 2.67. The highest BCUT2D eigenvalue weighted by Crippen LogP contribution is 2.33. The zero-order valence-electron chi connectivity index (χ0n) is 11.0. The van der Waals surface area contributed by atoms with Gasteiger partial charge in [-0.25, -0.2) is 0 Å². The Morgan fingerprint density at radius 1 is 1.26 bits per heavy atom. The quantitative estimate of drug-likeness (QED) is 0.746. The molecular weight excluding hydrogens is 248 g/mol. The van der Waals surface area contributed by atoms with Gasteiger partial charge in [-0.05, 0) is 13.8 Å². The lowest BCUT2D eigenvalue weighted by Crippen LogP contribution is -2.05. The van der Waals surface area contributed by atoms with E-state index in [0.717, 1.165) is 0 Å². The van der Waals surface area contributed by atoms with Crippen molar-refractivity contribution in [1.82, 2.24) is 20.2 Å². The number of anilines is 2. The number of nitrogens with zero attached hydrogens (tertiary/aromatic N) is 3. The van der Waals surface area contributed by atoms with Crippen LogP contribution in [0.5, 0.6) is 11.8 Å². The van der Waals surface area contributed by atoms with Crippen LogP contribution in [0, 0.1) is 0 Å². The monoisotopic (exact) mass is 264 g/mol. The second-order valence-electron chi connectivity index (χ2n) is 4.14. The van der Waals surface area contributed by atoms with E-state index in [1.165, 1.54) is 7.11 Å². The number of aromatic amines is 1. The SMILES string of the molecule is COc1nc(N)nc(N)c1-c1cc(OC(C)C)n[nH]1. The van der Waals surface area contributed by atoms with E-state index < -0.39 is 0 Å². The van der Waals surface area contributed by atoms with E-state index in [1.54, 1.807) is 6.07 Å². The van der Waals surface area contributed by atoms with Gasteiger partial charge in [0.2, 0.25) is 17.7 Å². The first-order valence-electron chi connectivity index (χ1n) is 5.70.